The third-order valence-corrected chi connectivity index (χ3v) is 10.1. The van der Waals surface area contributed by atoms with E-state index in [0.717, 1.165) is 37.8 Å². The third kappa shape index (κ3) is 4.72. The van der Waals surface area contributed by atoms with Crippen molar-refractivity contribution in [2.45, 2.75) is 84.3 Å². The summed E-state index contributed by atoms with van der Waals surface area (Å²) in [6.07, 6.45) is 5.79. The minimum atomic E-state index is -1.28. The van der Waals surface area contributed by atoms with Gasteiger partial charge in [0.2, 0.25) is 0 Å². The van der Waals surface area contributed by atoms with Crippen LogP contribution in [0.1, 0.15) is 72.6 Å². The molecule has 6 N–H and O–H groups in total. The van der Waals surface area contributed by atoms with Crippen LogP contribution in [0.4, 0.5) is 0 Å². The lowest BCUT2D eigenvalue weighted by Gasteiger charge is -2.68. The van der Waals surface area contributed by atoms with Crippen LogP contribution < -0.4 is 5.73 Å². The Balaban J connectivity index is 0.000000414. The maximum atomic E-state index is 12.6. The fraction of sp³-hybridized carbons (Fsp3) is 0.778. The fourth-order valence-corrected chi connectivity index (χ4v) is 8.17. The zero-order valence-electron chi connectivity index (χ0n) is 22.3. The number of ketones is 1. The van der Waals surface area contributed by atoms with Crippen LogP contribution in [0.15, 0.2) is 17.3 Å². The molecule has 0 aliphatic heterocycles. The maximum absolute atomic E-state index is 12.6. The first-order chi connectivity index (χ1) is 17.2. The number of carbonyl (C=O) groups is 3. The topological polar surface area (TPSA) is 180 Å². The molecule has 0 amide bonds. The highest BCUT2D eigenvalue weighted by atomic mass is 16.6. The Morgan fingerprint density at radius 1 is 1.05 bits per heavy atom. The highest BCUT2D eigenvalue weighted by Crippen LogP contribution is 2.69. The molecule has 0 aromatic rings. The molecule has 0 radical (unpaired) electrons. The predicted octanol–water partition coefficient (Wildman–Crippen LogP) is 2.36. The van der Waals surface area contributed by atoms with Gasteiger partial charge in [-0.15, -0.1) is 0 Å². The van der Waals surface area contributed by atoms with Crippen LogP contribution >= 0.6 is 0 Å². The van der Waals surface area contributed by atoms with Crippen molar-refractivity contribution in [1.82, 2.24) is 0 Å². The summed E-state index contributed by atoms with van der Waals surface area (Å²) < 4.78 is 0. The predicted molar refractivity (Wildman–Crippen MR) is 136 cm³/mol. The van der Waals surface area contributed by atoms with Crippen LogP contribution in [0.3, 0.4) is 0 Å². The number of hydrogen-bond acceptors (Lipinski definition) is 8. The van der Waals surface area contributed by atoms with E-state index in [1.54, 1.807) is 0 Å². The van der Waals surface area contributed by atoms with E-state index in [9.17, 15) is 24.6 Å². The molecule has 10 nitrogen and oxygen atoms in total. The first kappa shape index (κ1) is 29.3. The molecule has 0 bridgehead atoms. The SMILES string of the molecule is CC1(C)/C(=N\OCCN)CC[C@]2(C)[C@H]3CC[C@]4(C)C(=O)CC[C@H]4[C@@H]3C[C@H](O)[C@@]12O.O=C(O)/C=C/C(=O)O. The van der Waals surface area contributed by atoms with Crippen LogP contribution in [0, 0.1) is 34.0 Å². The molecule has 208 valence electrons. The molecule has 37 heavy (non-hydrogen) atoms. The van der Waals surface area contributed by atoms with Crippen LogP contribution in [0.2, 0.25) is 0 Å². The van der Waals surface area contributed by atoms with Crippen molar-refractivity contribution in [3.05, 3.63) is 12.2 Å². The minimum absolute atomic E-state index is 0.237. The van der Waals surface area contributed by atoms with Gasteiger partial charge in [-0.25, -0.2) is 9.59 Å². The maximum Gasteiger partial charge on any atom is 0.328 e. The fourth-order valence-electron chi connectivity index (χ4n) is 8.17. The van der Waals surface area contributed by atoms with E-state index in [-0.39, 0.29) is 5.41 Å². The van der Waals surface area contributed by atoms with Gasteiger partial charge in [0.25, 0.3) is 0 Å². The summed E-state index contributed by atoms with van der Waals surface area (Å²) in [7, 11) is 0. The van der Waals surface area contributed by atoms with Gasteiger partial charge in [0.1, 0.15) is 18.0 Å². The van der Waals surface area contributed by atoms with Gasteiger partial charge in [-0.1, -0.05) is 32.9 Å². The Kier molecular flexibility index (Phi) is 8.27. The number of aliphatic hydroxyl groups is 2. The van der Waals surface area contributed by atoms with E-state index in [1.807, 2.05) is 13.8 Å². The van der Waals surface area contributed by atoms with Crippen LogP contribution in [0.5, 0.6) is 0 Å². The molecule has 0 heterocycles. The Labute approximate surface area is 217 Å². The lowest BCUT2D eigenvalue weighted by atomic mass is 9.38. The highest BCUT2D eigenvalue weighted by molar-refractivity contribution is 5.92. The lowest BCUT2D eigenvalue weighted by Crippen LogP contribution is -2.74. The van der Waals surface area contributed by atoms with E-state index in [1.165, 1.54) is 0 Å². The van der Waals surface area contributed by atoms with E-state index < -0.39 is 34.5 Å². The smallest absolute Gasteiger partial charge is 0.328 e. The number of carboxylic acid groups (broad SMARTS) is 2. The Morgan fingerprint density at radius 3 is 2.24 bits per heavy atom. The largest absolute Gasteiger partial charge is 0.478 e. The number of carbonyl (C=O) groups excluding carboxylic acids is 1. The number of rotatable bonds is 5. The standard InChI is InChI=1S/C23H38N2O4.C4H4O4/c1-20(2)17(25-29-12-11-24)8-10-22(4)16-7-9-21(3)15(5-6-18(21)26)14(16)13-19(27)23(20,22)28;5-3(6)1-2-4(7)8/h14-16,19,27-28H,5-13,24H2,1-4H3;1-2H,(H,5,6)(H,7,8)/b25-17-;2-1+/t14-,15-,16-,19-,21-,22+,23+;/m0./s1. The number of hydrogen-bond donors (Lipinski definition) is 5. The monoisotopic (exact) mass is 522 g/mol. The minimum Gasteiger partial charge on any atom is -0.478 e. The first-order valence-corrected chi connectivity index (χ1v) is 13.1. The molecular weight excluding hydrogens is 480 g/mol. The zero-order chi connectivity index (χ0) is 27.8. The van der Waals surface area contributed by atoms with Gasteiger partial charge < -0.3 is 31.0 Å². The van der Waals surface area contributed by atoms with Crippen molar-refractivity contribution in [2.24, 2.45) is 44.9 Å². The number of carboxylic acids is 2. The highest BCUT2D eigenvalue weighted by Gasteiger charge is 2.72. The number of nitrogens with zero attached hydrogens (tertiary/aromatic N) is 1. The Morgan fingerprint density at radius 2 is 1.68 bits per heavy atom. The van der Waals surface area contributed by atoms with Crippen LogP contribution in [-0.4, -0.2) is 68.7 Å². The van der Waals surface area contributed by atoms with Gasteiger partial charge >= 0.3 is 11.9 Å². The number of aliphatic carboxylic acids is 2. The van der Waals surface area contributed by atoms with Crippen molar-refractivity contribution in [3.8, 4) is 0 Å². The number of fused-ring (bicyclic) bond motifs is 5. The summed E-state index contributed by atoms with van der Waals surface area (Å²) in [5.41, 5.74) is 3.69. The quantitative estimate of drug-likeness (QED) is 0.206. The second kappa shape index (κ2) is 10.5. The van der Waals surface area contributed by atoms with Gasteiger partial charge in [0.15, 0.2) is 0 Å². The molecule has 4 aliphatic carbocycles. The Bertz CT molecular complexity index is 961. The summed E-state index contributed by atoms with van der Waals surface area (Å²) in [6.45, 7) is 9.03. The number of oxime groups is 1. The van der Waals surface area contributed by atoms with E-state index >= 15 is 0 Å². The van der Waals surface area contributed by atoms with Crippen molar-refractivity contribution in [2.75, 3.05) is 13.2 Å². The van der Waals surface area contributed by atoms with Gasteiger partial charge in [-0.3, -0.25) is 4.79 Å². The van der Waals surface area contributed by atoms with Gasteiger partial charge in [-0.05, 0) is 56.3 Å². The molecule has 0 aromatic carbocycles. The average molecular weight is 523 g/mol. The molecule has 4 aliphatic rings. The second-order valence-electron chi connectivity index (χ2n) is 12.0. The van der Waals surface area contributed by atoms with Gasteiger partial charge in [-0.2, -0.15) is 0 Å². The molecule has 7 atom stereocenters. The number of Topliss-reactive ketones (excluding diaryl/α,β-unsaturated/α-hetero) is 1. The molecule has 0 spiro atoms. The number of nitrogens with two attached hydrogens (primary N) is 1. The summed E-state index contributed by atoms with van der Waals surface area (Å²) in [5, 5.41) is 43.6. The van der Waals surface area contributed by atoms with Crippen LogP contribution in [-0.2, 0) is 19.2 Å². The van der Waals surface area contributed by atoms with Crippen molar-refractivity contribution >= 4 is 23.4 Å². The van der Waals surface area contributed by atoms with Gasteiger partial charge in [0.05, 0.1) is 11.8 Å². The lowest BCUT2D eigenvalue weighted by molar-refractivity contribution is -0.273. The summed E-state index contributed by atoms with van der Waals surface area (Å²) in [4.78, 5) is 37.1. The molecule has 0 unspecified atom stereocenters. The first-order valence-electron chi connectivity index (χ1n) is 13.1. The van der Waals surface area contributed by atoms with Crippen molar-refractivity contribution < 1.29 is 39.6 Å². The zero-order valence-corrected chi connectivity index (χ0v) is 22.3. The summed E-state index contributed by atoms with van der Waals surface area (Å²) >= 11 is 0. The Hall–Kier alpha value is -2.30. The summed E-state index contributed by atoms with van der Waals surface area (Å²) in [6, 6.07) is 0. The average Bonchev–Trinajstić information content (AvgIpc) is 3.12. The summed E-state index contributed by atoms with van der Waals surface area (Å²) in [5.74, 6) is -1.18. The second-order valence-corrected chi connectivity index (χ2v) is 12.0. The molecular formula is C27H42N2O8. The molecule has 4 fully saturated rings. The van der Waals surface area contributed by atoms with E-state index in [2.05, 4.69) is 19.0 Å². The third-order valence-electron chi connectivity index (χ3n) is 10.1. The van der Waals surface area contributed by atoms with E-state index in [4.69, 9.17) is 20.8 Å². The van der Waals surface area contributed by atoms with Crippen molar-refractivity contribution in [1.29, 1.82) is 0 Å². The van der Waals surface area contributed by atoms with Crippen LogP contribution in [0.25, 0.3) is 0 Å². The normalized spacial score (nSPS) is 41.3. The van der Waals surface area contributed by atoms with Gasteiger partial charge in [0, 0.05) is 41.4 Å². The van der Waals surface area contributed by atoms with Crippen molar-refractivity contribution in [3.63, 3.8) is 0 Å². The molecule has 0 saturated heterocycles. The van der Waals surface area contributed by atoms with E-state index in [0.29, 0.717) is 61.7 Å². The molecule has 10 heteroatoms. The molecule has 4 saturated carbocycles. The molecule has 4 rings (SSSR count). The number of aliphatic hydroxyl groups excluding tert-OH is 1. The molecule has 0 aromatic heterocycles.